The number of sulfone groups is 1. The lowest BCUT2D eigenvalue weighted by Gasteiger charge is -2.36. The van der Waals surface area contributed by atoms with E-state index in [1.807, 2.05) is 82.3 Å². The fourth-order valence-electron chi connectivity index (χ4n) is 9.41. The summed E-state index contributed by atoms with van der Waals surface area (Å²) in [6, 6.07) is 17.2. The van der Waals surface area contributed by atoms with Crippen LogP contribution in [0.1, 0.15) is 109 Å². The van der Waals surface area contributed by atoms with E-state index in [1.165, 1.54) is 11.1 Å². The topological polar surface area (TPSA) is 208 Å². The third-order valence-electron chi connectivity index (χ3n) is 13.4. The minimum absolute atomic E-state index is 0.0635. The largest absolute Gasteiger partial charge is 0.489 e. The highest BCUT2D eigenvalue weighted by molar-refractivity contribution is 7.92. The van der Waals surface area contributed by atoms with E-state index >= 15 is 0 Å². The number of para-hydroxylation sites is 1. The number of rotatable bonds is 19. The van der Waals surface area contributed by atoms with Crippen LogP contribution in [0.3, 0.4) is 0 Å². The summed E-state index contributed by atoms with van der Waals surface area (Å²) in [5, 5.41) is 23.1. The fraction of sp³-hybridized carbons (Fsp3) is 0.481. The molecule has 5 N–H and O–H groups in total. The summed E-state index contributed by atoms with van der Waals surface area (Å²) in [5.74, 6) is 0.792. The van der Waals surface area contributed by atoms with Crippen molar-refractivity contribution < 1.29 is 32.6 Å². The number of carbonyl (C=O) groups is 3. The maximum atomic E-state index is 14.2. The number of nitrogens with one attached hydrogen (secondary N) is 4. The second kappa shape index (κ2) is 23.7. The van der Waals surface area contributed by atoms with Crippen molar-refractivity contribution in [2.45, 2.75) is 141 Å². The lowest BCUT2D eigenvalue weighted by Crippen LogP contribution is -2.56. The highest BCUT2D eigenvalue weighted by Crippen LogP contribution is 2.39. The Hall–Kier alpha value is -5.66. The van der Waals surface area contributed by atoms with Crippen molar-refractivity contribution in [1.82, 2.24) is 35.4 Å². The minimum Gasteiger partial charge on any atom is -0.489 e. The Kier molecular flexibility index (Phi) is 17.9. The van der Waals surface area contributed by atoms with Gasteiger partial charge in [0.2, 0.25) is 23.7 Å². The zero-order chi connectivity index (χ0) is 52.8. The zero-order valence-corrected chi connectivity index (χ0v) is 45.7. The number of amides is 3. The summed E-state index contributed by atoms with van der Waals surface area (Å²) in [7, 11) is -3.60. The number of hydrogen-bond donors (Lipinski definition) is 5. The number of hydrogen-bond acceptors (Lipinski definition) is 14. The number of piperidine rings is 1. The van der Waals surface area contributed by atoms with Gasteiger partial charge >= 0.3 is 0 Å². The maximum Gasteiger partial charge on any atom is 0.243 e. The number of aryl methyl sites for hydroxylation is 2. The van der Waals surface area contributed by atoms with Crippen LogP contribution in [0.25, 0.3) is 10.4 Å². The number of anilines is 4. The van der Waals surface area contributed by atoms with Crippen LogP contribution < -0.4 is 26.0 Å². The summed E-state index contributed by atoms with van der Waals surface area (Å²) in [6.07, 6.45) is 3.06. The van der Waals surface area contributed by atoms with Gasteiger partial charge in [0.25, 0.3) is 0 Å². The van der Waals surface area contributed by atoms with Crippen molar-refractivity contribution in [3.63, 3.8) is 0 Å². The van der Waals surface area contributed by atoms with Crippen LogP contribution in [0.5, 0.6) is 5.75 Å². The van der Waals surface area contributed by atoms with Crippen LogP contribution in [0.15, 0.2) is 77.3 Å². The predicted molar refractivity (Wildman–Crippen MR) is 289 cm³/mol. The van der Waals surface area contributed by atoms with Gasteiger partial charge in [-0.25, -0.2) is 18.4 Å². The summed E-state index contributed by atoms with van der Waals surface area (Å²) >= 11 is 8.12. The molecule has 4 heterocycles. The van der Waals surface area contributed by atoms with Gasteiger partial charge < -0.3 is 40.9 Å². The van der Waals surface area contributed by atoms with Gasteiger partial charge in [-0.1, -0.05) is 68.8 Å². The van der Waals surface area contributed by atoms with Crippen LogP contribution in [0.4, 0.5) is 23.1 Å². The first-order valence-corrected chi connectivity index (χ1v) is 27.9. The monoisotopic (exact) mass is 1060 g/mol. The molecule has 7 rings (SSSR count). The van der Waals surface area contributed by atoms with Gasteiger partial charge in [0.05, 0.1) is 62.0 Å². The molecule has 1 unspecified atom stereocenters. The Bertz CT molecular complexity index is 2860. The Morgan fingerprint density at radius 1 is 0.959 bits per heavy atom. The Morgan fingerprint density at radius 3 is 2.33 bits per heavy atom. The SMILES string of the molecule is Cc1cc(Nc2ncc(Cl)c(Nc3ccccc3S(=O)(=O)C(C)C)n2)c(OC(C)C)cc1C1CCN(C(=O)CCCNC(C(=O)N2C[C@H](O)C[C@H]2C(=O)NCc2ccc(-c3scnc3C)cc2)C(C)(C)C)CC1. The van der Waals surface area contributed by atoms with E-state index in [1.54, 1.807) is 49.4 Å². The van der Waals surface area contributed by atoms with Crippen molar-refractivity contribution in [1.29, 1.82) is 0 Å². The lowest BCUT2D eigenvalue weighted by atomic mass is 9.85. The van der Waals surface area contributed by atoms with Crippen molar-refractivity contribution in [3.05, 3.63) is 99.8 Å². The van der Waals surface area contributed by atoms with E-state index in [9.17, 15) is 27.9 Å². The molecule has 0 bridgehead atoms. The molecule has 2 aliphatic rings. The molecule has 2 aliphatic heterocycles. The standard InChI is InChI=1S/C54H70ClN9O7S2/c1-32(2)71-45-27-40(34(5)25-43(45)61-53-58-29-41(55)50(62-53)60-42-13-10-11-14-46(42)73(69,70)33(3)4)37-20-23-63(24-21-37)47(66)15-12-22-56-49(54(7,8)9)52(68)64-30-39(65)26-44(64)51(67)57-28-36-16-18-38(19-17-36)48-35(6)59-31-72-48/h10-11,13-14,16-19,25,27,29,31-33,37,39,44,49,56,65H,12,15,20-24,26,28,30H2,1-9H3,(H,57,67)(H2,58,60,61,62)/t39-,44+,49?/m1/s1. The molecule has 0 spiro atoms. The molecule has 0 saturated carbocycles. The molecule has 3 amide bonds. The average Bonchev–Trinajstić information content (AvgIpc) is 3.97. The highest BCUT2D eigenvalue weighted by Gasteiger charge is 2.44. The Morgan fingerprint density at radius 2 is 1.67 bits per heavy atom. The van der Waals surface area contributed by atoms with Gasteiger partial charge in [-0.3, -0.25) is 14.4 Å². The molecule has 16 nitrogen and oxygen atoms in total. The first-order valence-electron chi connectivity index (χ1n) is 25.1. The number of aliphatic hydroxyl groups is 1. The van der Waals surface area contributed by atoms with E-state index in [-0.39, 0.29) is 64.4 Å². The average molecular weight is 1060 g/mol. The fourth-order valence-corrected chi connectivity index (χ4v) is 11.6. The molecule has 2 fully saturated rings. The summed E-state index contributed by atoms with van der Waals surface area (Å²) < 4.78 is 32.6. The van der Waals surface area contributed by atoms with Gasteiger partial charge in [0, 0.05) is 39.0 Å². The predicted octanol–water partition coefficient (Wildman–Crippen LogP) is 9.10. The first kappa shape index (κ1) is 55.1. The maximum absolute atomic E-state index is 14.2. The number of nitrogens with zero attached hydrogens (tertiary/aromatic N) is 5. The second-order valence-corrected chi connectivity index (χ2v) is 24.4. The van der Waals surface area contributed by atoms with Gasteiger partial charge in [-0.05, 0) is 125 Å². The van der Waals surface area contributed by atoms with Crippen LogP contribution in [-0.4, -0.2) is 112 Å². The lowest BCUT2D eigenvalue weighted by molar-refractivity contribution is -0.142. The van der Waals surface area contributed by atoms with E-state index in [0.29, 0.717) is 56.1 Å². The molecule has 19 heteroatoms. The number of aromatic nitrogens is 3. The van der Waals surface area contributed by atoms with Gasteiger partial charge in [0.1, 0.15) is 16.8 Å². The number of halogens is 1. The normalized spacial score (nSPS) is 17.0. The number of carbonyl (C=O) groups excluding carboxylic acids is 3. The molecule has 0 radical (unpaired) electrons. The summed E-state index contributed by atoms with van der Waals surface area (Å²) in [5.41, 5.74) is 7.45. The quantitative estimate of drug-likeness (QED) is 0.0490. The van der Waals surface area contributed by atoms with E-state index in [2.05, 4.69) is 49.2 Å². The summed E-state index contributed by atoms with van der Waals surface area (Å²) in [4.78, 5) is 59.4. The number of aliphatic hydroxyl groups excluding tert-OH is 1. The number of ether oxygens (including phenoxy) is 1. The van der Waals surface area contributed by atoms with Crippen LogP contribution in [0.2, 0.25) is 5.02 Å². The molecule has 2 aromatic heterocycles. The molecule has 0 aliphatic carbocycles. The molecular formula is C54H70ClN9O7S2. The first-order chi connectivity index (χ1) is 34.6. The molecule has 5 aromatic rings. The van der Waals surface area contributed by atoms with Crippen LogP contribution in [-0.2, 0) is 30.8 Å². The molecule has 392 valence electrons. The number of β-amino-alcohol motifs (C(OH)–C–C–N with tert-alkyl or cyclic N) is 1. The van der Waals surface area contributed by atoms with Gasteiger partial charge in [0.15, 0.2) is 15.7 Å². The molecule has 3 aromatic carbocycles. The zero-order valence-electron chi connectivity index (χ0n) is 43.3. The van der Waals surface area contributed by atoms with E-state index in [4.69, 9.17) is 16.3 Å². The number of likely N-dealkylation sites (tertiary alicyclic amines) is 2. The Labute approximate surface area is 439 Å². The Balaban J connectivity index is 0.918. The van der Waals surface area contributed by atoms with Crippen molar-refractivity contribution in [2.75, 3.05) is 36.8 Å². The van der Waals surface area contributed by atoms with Gasteiger partial charge in [-0.15, -0.1) is 11.3 Å². The van der Waals surface area contributed by atoms with Crippen LogP contribution in [0, 0.1) is 19.3 Å². The van der Waals surface area contributed by atoms with Crippen molar-refractivity contribution in [3.8, 4) is 16.2 Å². The number of thiazole rings is 1. The third kappa shape index (κ3) is 13.6. The van der Waals surface area contributed by atoms with Crippen molar-refractivity contribution in [2.24, 2.45) is 5.41 Å². The summed E-state index contributed by atoms with van der Waals surface area (Å²) in [6.45, 7) is 19.1. The van der Waals surface area contributed by atoms with E-state index < -0.39 is 38.7 Å². The number of benzene rings is 3. The molecular weight excluding hydrogens is 986 g/mol. The molecule has 73 heavy (non-hydrogen) atoms. The van der Waals surface area contributed by atoms with E-state index in [0.717, 1.165) is 45.7 Å². The highest BCUT2D eigenvalue weighted by atomic mass is 35.5. The van der Waals surface area contributed by atoms with Gasteiger partial charge in [-0.2, -0.15) is 4.98 Å². The van der Waals surface area contributed by atoms with Crippen LogP contribution >= 0.6 is 22.9 Å². The molecule has 3 atom stereocenters. The van der Waals surface area contributed by atoms with Crippen molar-refractivity contribution >= 4 is 73.6 Å². The second-order valence-electron chi connectivity index (χ2n) is 20.7. The minimum atomic E-state index is -3.60. The third-order valence-corrected chi connectivity index (χ3v) is 16.9. The molecule has 2 saturated heterocycles. The smallest absolute Gasteiger partial charge is 0.243 e.